The Labute approximate surface area is 172 Å². The minimum Gasteiger partial charge on any atom is -0.493 e. The number of halogens is 1. The van der Waals surface area contributed by atoms with Gasteiger partial charge < -0.3 is 20.5 Å². The average molecular weight is 473 g/mol. The van der Waals surface area contributed by atoms with Gasteiger partial charge in [0.25, 0.3) is 0 Å². The van der Waals surface area contributed by atoms with E-state index < -0.39 is 0 Å². The molecule has 1 aromatic carbocycles. The molecule has 26 heavy (non-hydrogen) atoms. The van der Waals surface area contributed by atoms with Crippen molar-refractivity contribution in [3.63, 3.8) is 0 Å². The zero-order chi connectivity index (χ0) is 18.4. The third-order valence-electron chi connectivity index (χ3n) is 4.18. The summed E-state index contributed by atoms with van der Waals surface area (Å²) in [4.78, 5) is 4.38. The lowest BCUT2D eigenvalue weighted by Gasteiger charge is -2.11. The van der Waals surface area contributed by atoms with E-state index in [1.165, 1.54) is 11.3 Å². The second-order valence-electron chi connectivity index (χ2n) is 5.84. The summed E-state index contributed by atoms with van der Waals surface area (Å²) >= 11 is 0. The van der Waals surface area contributed by atoms with E-state index in [0.29, 0.717) is 24.0 Å². The average Bonchev–Trinajstić information content (AvgIpc) is 2.84. The number of rotatable bonds is 7. The zero-order valence-electron chi connectivity index (χ0n) is 16.0. The molecule has 0 spiro atoms. The molecule has 0 saturated heterocycles. The van der Waals surface area contributed by atoms with Crippen molar-refractivity contribution in [2.45, 2.75) is 26.7 Å². The number of aromatic nitrogens is 2. The second-order valence-corrected chi connectivity index (χ2v) is 5.84. The van der Waals surface area contributed by atoms with Crippen LogP contribution in [0.3, 0.4) is 0 Å². The van der Waals surface area contributed by atoms with Crippen LogP contribution in [0.15, 0.2) is 23.2 Å². The van der Waals surface area contributed by atoms with Crippen LogP contribution in [0, 0.1) is 13.8 Å². The summed E-state index contributed by atoms with van der Waals surface area (Å²) in [5, 5.41) is 7.50. The molecule has 8 heteroatoms. The van der Waals surface area contributed by atoms with Crippen LogP contribution in [0.2, 0.25) is 0 Å². The van der Waals surface area contributed by atoms with Crippen molar-refractivity contribution in [1.29, 1.82) is 0 Å². The van der Waals surface area contributed by atoms with E-state index in [0.717, 1.165) is 24.2 Å². The second kappa shape index (κ2) is 10.2. The fourth-order valence-corrected chi connectivity index (χ4v) is 2.74. The van der Waals surface area contributed by atoms with Crippen molar-refractivity contribution in [3.8, 4) is 11.5 Å². The van der Waals surface area contributed by atoms with Crippen molar-refractivity contribution in [3.05, 3.63) is 35.2 Å². The monoisotopic (exact) mass is 473 g/mol. The predicted molar refractivity (Wildman–Crippen MR) is 116 cm³/mol. The van der Waals surface area contributed by atoms with Gasteiger partial charge in [-0.15, -0.1) is 24.0 Å². The standard InChI is InChI=1S/C18H27N5O2.HI/c1-12-15(13(2)23(3)22-12)7-6-10-20-18(19)21-14-8-9-16(24-4)17(11-14)25-5;/h8-9,11H,6-7,10H2,1-5H3,(H3,19,20,21);1H. The number of hydrogen-bond donors (Lipinski definition) is 2. The Morgan fingerprint density at radius 3 is 2.50 bits per heavy atom. The van der Waals surface area contributed by atoms with Gasteiger partial charge in [0.2, 0.25) is 0 Å². The maximum Gasteiger partial charge on any atom is 0.193 e. The van der Waals surface area contributed by atoms with E-state index >= 15 is 0 Å². The van der Waals surface area contributed by atoms with Crippen LogP contribution in [0.1, 0.15) is 23.4 Å². The summed E-state index contributed by atoms with van der Waals surface area (Å²) in [5.41, 5.74) is 10.4. The lowest BCUT2D eigenvalue weighted by molar-refractivity contribution is 0.355. The molecular weight excluding hydrogens is 445 g/mol. The zero-order valence-corrected chi connectivity index (χ0v) is 18.3. The lowest BCUT2D eigenvalue weighted by atomic mass is 10.1. The SMILES string of the molecule is COc1ccc(NC(N)=NCCCc2c(C)nn(C)c2C)cc1OC.I. The van der Waals surface area contributed by atoms with Crippen LogP contribution in [0.5, 0.6) is 11.5 Å². The van der Waals surface area contributed by atoms with Crippen LogP contribution in [0.4, 0.5) is 5.69 Å². The third kappa shape index (κ3) is 5.52. The Balaban J connectivity index is 0.00000338. The van der Waals surface area contributed by atoms with Gasteiger partial charge in [-0.05, 0) is 44.4 Å². The van der Waals surface area contributed by atoms with Gasteiger partial charge in [0, 0.05) is 31.0 Å². The number of benzene rings is 1. The molecule has 0 unspecified atom stereocenters. The molecule has 0 fully saturated rings. The van der Waals surface area contributed by atoms with Crippen LogP contribution in [-0.2, 0) is 13.5 Å². The number of aliphatic imine (C=N–C) groups is 1. The highest BCUT2D eigenvalue weighted by Crippen LogP contribution is 2.29. The van der Waals surface area contributed by atoms with Crippen LogP contribution in [-0.4, -0.2) is 36.5 Å². The molecule has 0 amide bonds. The lowest BCUT2D eigenvalue weighted by Crippen LogP contribution is -2.23. The molecule has 0 saturated carbocycles. The number of hydrogen-bond acceptors (Lipinski definition) is 4. The molecule has 0 aliphatic heterocycles. The highest BCUT2D eigenvalue weighted by atomic mass is 127. The molecule has 144 valence electrons. The van der Waals surface area contributed by atoms with Gasteiger partial charge in [0.05, 0.1) is 19.9 Å². The minimum atomic E-state index is 0. The minimum absolute atomic E-state index is 0. The van der Waals surface area contributed by atoms with Gasteiger partial charge in [0.1, 0.15) is 0 Å². The Morgan fingerprint density at radius 2 is 1.92 bits per heavy atom. The first-order valence-corrected chi connectivity index (χ1v) is 8.24. The summed E-state index contributed by atoms with van der Waals surface area (Å²) < 4.78 is 12.4. The summed E-state index contributed by atoms with van der Waals surface area (Å²) in [6, 6.07) is 5.51. The topological polar surface area (TPSA) is 86.7 Å². The molecule has 7 nitrogen and oxygen atoms in total. The third-order valence-corrected chi connectivity index (χ3v) is 4.18. The van der Waals surface area contributed by atoms with Gasteiger partial charge in [-0.3, -0.25) is 9.67 Å². The molecule has 0 aliphatic rings. The van der Waals surface area contributed by atoms with Gasteiger partial charge in [-0.1, -0.05) is 0 Å². The number of anilines is 1. The number of ether oxygens (including phenoxy) is 2. The van der Waals surface area contributed by atoms with Gasteiger partial charge in [-0.25, -0.2) is 0 Å². The number of nitrogens with two attached hydrogens (primary N) is 1. The number of methoxy groups -OCH3 is 2. The molecule has 2 aromatic rings. The van der Waals surface area contributed by atoms with Crippen LogP contribution in [0.25, 0.3) is 0 Å². The predicted octanol–water partition coefficient (Wildman–Crippen LogP) is 3.03. The summed E-state index contributed by atoms with van der Waals surface area (Å²) in [6.07, 6.45) is 1.86. The molecule has 0 radical (unpaired) electrons. The number of nitrogens with zero attached hydrogens (tertiary/aromatic N) is 3. The Bertz CT molecular complexity index is 758. The van der Waals surface area contributed by atoms with Crippen molar-refractivity contribution in [2.24, 2.45) is 17.8 Å². The fourth-order valence-electron chi connectivity index (χ4n) is 2.74. The fraction of sp³-hybridized carbons (Fsp3) is 0.444. The first-order chi connectivity index (χ1) is 12.0. The molecule has 1 aromatic heterocycles. The normalized spacial score (nSPS) is 11.0. The molecule has 0 bridgehead atoms. The highest BCUT2D eigenvalue weighted by Gasteiger charge is 2.08. The van der Waals surface area contributed by atoms with E-state index in [1.807, 2.05) is 36.9 Å². The van der Waals surface area contributed by atoms with E-state index in [2.05, 4.69) is 22.3 Å². The quantitative estimate of drug-likeness (QED) is 0.280. The Morgan fingerprint density at radius 1 is 1.23 bits per heavy atom. The van der Waals surface area contributed by atoms with E-state index in [-0.39, 0.29) is 24.0 Å². The number of guanidine groups is 1. The summed E-state index contributed by atoms with van der Waals surface area (Å²) in [7, 11) is 5.17. The molecule has 0 aliphatic carbocycles. The van der Waals surface area contributed by atoms with Crippen molar-refractivity contribution in [2.75, 3.05) is 26.1 Å². The Kier molecular flexibility index (Phi) is 8.70. The maximum atomic E-state index is 5.96. The smallest absolute Gasteiger partial charge is 0.193 e. The van der Waals surface area contributed by atoms with Crippen LogP contribution < -0.4 is 20.5 Å². The van der Waals surface area contributed by atoms with Crippen molar-refractivity contribution < 1.29 is 9.47 Å². The highest BCUT2D eigenvalue weighted by molar-refractivity contribution is 14.0. The molecule has 3 N–H and O–H groups in total. The summed E-state index contributed by atoms with van der Waals surface area (Å²) in [5.74, 6) is 1.69. The molecule has 2 rings (SSSR count). The molecule has 1 heterocycles. The molecule has 0 atom stereocenters. The molecular formula is C18H28IN5O2. The van der Waals surface area contributed by atoms with Crippen molar-refractivity contribution in [1.82, 2.24) is 9.78 Å². The first kappa shape index (κ1) is 22.1. The van der Waals surface area contributed by atoms with E-state index in [1.54, 1.807) is 14.2 Å². The van der Waals surface area contributed by atoms with Gasteiger partial charge in [0.15, 0.2) is 17.5 Å². The van der Waals surface area contributed by atoms with Crippen LogP contribution >= 0.6 is 24.0 Å². The van der Waals surface area contributed by atoms with Gasteiger partial charge >= 0.3 is 0 Å². The van der Waals surface area contributed by atoms with E-state index in [9.17, 15) is 0 Å². The largest absolute Gasteiger partial charge is 0.493 e. The maximum absolute atomic E-state index is 5.96. The Hall–Kier alpha value is -1.97. The van der Waals surface area contributed by atoms with Gasteiger partial charge in [-0.2, -0.15) is 5.10 Å². The summed E-state index contributed by atoms with van der Waals surface area (Å²) in [6.45, 7) is 4.78. The first-order valence-electron chi connectivity index (χ1n) is 8.24. The number of aryl methyl sites for hydroxylation is 2. The van der Waals surface area contributed by atoms with E-state index in [4.69, 9.17) is 15.2 Å². The van der Waals surface area contributed by atoms with Crippen molar-refractivity contribution >= 4 is 35.6 Å². The number of nitrogens with one attached hydrogen (secondary N) is 1.